The Balaban J connectivity index is 2.53. The lowest BCUT2D eigenvalue weighted by Gasteiger charge is -2.17. The van der Waals surface area contributed by atoms with Gasteiger partial charge in [-0.15, -0.1) is 0 Å². The summed E-state index contributed by atoms with van der Waals surface area (Å²) < 4.78 is 5.75. The summed E-state index contributed by atoms with van der Waals surface area (Å²) in [6, 6.07) is 4.03. The fourth-order valence-corrected chi connectivity index (χ4v) is 2.11. The van der Waals surface area contributed by atoms with Crippen molar-refractivity contribution in [3.8, 4) is 5.75 Å². The van der Waals surface area contributed by atoms with Crippen molar-refractivity contribution in [2.45, 2.75) is 40.2 Å². The van der Waals surface area contributed by atoms with Crippen LogP contribution in [0.1, 0.15) is 31.9 Å². The molecular formula is C14H23ClNO+. The first-order chi connectivity index (χ1) is 7.79. The van der Waals surface area contributed by atoms with Crippen LogP contribution in [-0.2, 0) is 0 Å². The zero-order valence-corrected chi connectivity index (χ0v) is 12.2. The summed E-state index contributed by atoms with van der Waals surface area (Å²) in [6.07, 6.45) is 0. The predicted molar refractivity (Wildman–Crippen MR) is 73.0 cm³/mol. The number of hydrogen-bond donors (Lipinski definition) is 1. The molecule has 0 amide bonds. The molecule has 2 N–H and O–H groups in total. The quantitative estimate of drug-likeness (QED) is 0.824. The lowest BCUT2D eigenvalue weighted by molar-refractivity contribution is -0.717. The number of rotatable bonds is 4. The Morgan fingerprint density at radius 2 is 1.88 bits per heavy atom. The largest absolute Gasteiger partial charge is 0.486 e. The van der Waals surface area contributed by atoms with E-state index in [9.17, 15) is 0 Å². The van der Waals surface area contributed by atoms with Crippen LogP contribution in [0.15, 0.2) is 12.1 Å². The Bertz CT molecular complexity index is 359. The number of halogens is 1. The third kappa shape index (κ3) is 4.97. The first-order valence-corrected chi connectivity index (χ1v) is 6.41. The molecule has 0 radical (unpaired) electrons. The van der Waals surface area contributed by atoms with E-state index in [1.165, 1.54) is 5.56 Å². The van der Waals surface area contributed by atoms with Gasteiger partial charge in [0.05, 0.1) is 10.6 Å². The fourth-order valence-electron chi connectivity index (χ4n) is 1.74. The summed E-state index contributed by atoms with van der Waals surface area (Å²) in [5.41, 5.74) is 2.52. The van der Waals surface area contributed by atoms with Crippen molar-refractivity contribution in [2.24, 2.45) is 0 Å². The molecule has 2 nitrogen and oxygen atoms in total. The number of ether oxygens (including phenoxy) is 1. The molecule has 0 saturated heterocycles. The summed E-state index contributed by atoms with van der Waals surface area (Å²) in [7, 11) is 0. The van der Waals surface area contributed by atoms with Gasteiger partial charge < -0.3 is 10.1 Å². The molecule has 0 unspecified atom stereocenters. The Morgan fingerprint density at radius 1 is 1.24 bits per heavy atom. The Hall–Kier alpha value is -0.730. The van der Waals surface area contributed by atoms with Crippen LogP contribution in [0.5, 0.6) is 5.75 Å². The average molecular weight is 257 g/mol. The van der Waals surface area contributed by atoms with E-state index in [1.54, 1.807) is 0 Å². The van der Waals surface area contributed by atoms with Gasteiger partial charge in [-0.1, -0.05) is 17.7 Å². The Kier molecular flexibility index (Phi) is 4.84. The van der Waals surface area contributed by atoms with Crippen molar-refractivity contribution in [1.29, 1.82) is 0 Å². The minimum Gasteiger partial charge on any atom is -0.486 e. The second kappa shape index (κ2) is 5.74. The van der Waals surface area contributed by atoms with Gasteiger partial charge in [-0.05, 0) is 51.8 Å². The van der Waals surface area contributed by atoms with E-state index in [1.807, 2.05) is 19.9 Å². The highest BCUT2D eigenvalue weighted by Gasteiger charge is 2.13. The van der Waals surface area contributed by atoms with Gasteiger partial charge in [-0.25, -0.2) is 0 Å². The molecule has 0 aliphatic heterocycles. The van der Waals surface area contributed by atoms with E-state index in [4.69, 9.17) is 16.3 Å². The van der Waals surface area contributed by atoms with Crippen LogP contribution < -0.4 is 10.1 Å². The van der Waals surface area contributed by atoms with Gasteiger partial charge in [-0.2, -0.15) is 0 Å². The molecule has 0 aliphatic rings. The summed E-state index contributed by atoms with van der Waals surface area (Å²) in [4.78, 5) is 0. The molecule has 1 aromatic carbocycles. The van der Waals surface area contributed by atoms with Gasteiger partial charge in [0.1, 0.15) is 18.9 Å². The molecule has 17 heavy (non-hydrogen) atoms. The minimum absolute atomic E-state index is 0.246. The van der Waals surface area contributed by atoms with Gasteiger partial charge in [-0.3, -0.25) is 0 Å². The van der Waals surface area contributed by atoms with Crippen molar-refractivity contribution in [2.75, 3.05) is 13.2 Å². The normalized spacial score (nSPS) is 11.6. The van der Waals surface area contributed by atoms with Gasteiger partial charge in [0.25, 0.3) is 0 Å². The molecule has 0 bridgehead atoms. The van der Waals surface area contributed by atoms with Crippen LogP contribution in [0.2, 0.25) is 5.02 Å². The Morgan fingerprint density at radius 3 is 2.41 bits per heavy atom. The second-order valence-electron chi connectivity index (χ2n) is 5.60. The highest BCUT2D eigenvalue weighted by Crippen LogP contribution is 2.29. The summed E-state index contributed by atoms with van der Waals surface area (Å²) >= 11 is 6.17. The van der Waals surface area contributed by atoms with Crippen molar-refractivity contribution < 1.29 is 10.1 Å². The van der Waals surface area contributed by atoms with E-state index in [2.05, 4.69) is 32.2 Å². The molecule has 0 fully saturated rings. The maximum atomic E-state index is 6.17. The van der Waals surface area contributed by atoms with Crippen LogP contribution >= 0.6 is 11.6 Å². The summed E-state index contributed by atoms with van der Waals surface area (Å²) in [5, 5.41) is 2.98. The molecule has 0 saturated carbocycles. The van der Waals surface area contributed by atoms with Crippen molar-refractivity contribution >= 4 is 11.6 Å². The van der Waals surface area contributed by atoms with Gasteiger partial charge in [0.2, 0.25) is 0 Å². The third-order valence-corrected chi connectivity index (χ3v) is 2.78. The molecule has 0 atom stereocenters. The maximum Gasteiger partial charge on any atom is 0.141 e. The molecule has 1 aromatic rings. The summed E-state index contributed by atoms with van der Waals surface area (Å²) in [6.45, 7) is 12.3. The van der Waals surface area contributed by atoms with Crippen LogP contribution in [0.25, 0.3) is 0 Å². The first-order valence-electron chi connectivity index (χ1n) is 6.03. The molecule has 0 heterocycles. The van der Waals surface area contributed by atoms with E-state index >= 15 is 0 Å². The van der Waals surface area contributed by atoms with Gasteiger partial charge in [0, 0.05) is 0 Å². The van der Waals surface area contributed by atoms with Gasteiger partial charge in [0.15, 0.2) is 0 Å². The van der Waals surface area contributed by atoms with E-state index in [-0.39, 0.29) is 5.54 Å². The molecule has 0 aliphatic carbocycles. The molecular weight excluding hydrogens is 234 g/mol. The van der Waals surface area contributed by atoms with E-state index in [0.29, 0.717) is 11.6 Å². The van der Waals surface area contributed by atoms with E-state index in [0.717, 1.165) is 17.9 Å². The smallest absolute Gasteiger partial charge is 0.141 e. The first kappa shape index (κ1) is 14.3. The van der Waals surface area contributed by atoms with Crippen LogP contribution in [-0.4, -0.2) is 18.7 Å². The lowest BCUT2D eigenvalue weighted by atomic mass is 10.1. The zero-order chi connectivity index (χ0) is 13.1. The van der Waals surface area contributed by atoms with Crippen LogP contribution in [0.4, 0.5) is 0 Å². The van der Waals surface area contributed by atoms with Crippen molar-refractivity contribution in [3.05, 3.63) is 28.3 Å². The minimum atomic E-state index is 0.246. The third-order valence-electron chi connectivity index (χ3n) is 2.49. The number of hydrogen-bond acceptors (Lipinski definition) is 1. The fraction of sp³-hybridized carbons (Fsp3) is 0.571. The predicted octanol–water partition coefficient (Wildman–Crippen LogP) is 2.70. The monoisotopic (exact) mass is 256 g/mol. The maximum absolute atomic E-state index is 6.17. The van der Waals surface area contributed by atoms with Gasteiger partial charge >= 0.3 is 0 Å². The standard InChI is InChI=1S/C14H22ClNO/c1-10-8-11(2)13(12(15)9-10)17-7-6-16-14(3,4)5/h8-9,16H,6-7H2,1-5H3/p+1. The van der Waals surface area contributed by atoms with E-state index < -0.39 is 0 Å². The number of aryl methyl sites for hydroxylation is 2. The second-order valence-corrected chi connectivity index (χ2v) is 6.01. The summed E-state index contributed by atoms with van der Waals surface area (Å²) in [5.74, 6) is 0.819. The molecule has 0 spiro atoms. The van der Waals surface area contributed by atoms with Crippen LogP contribution in [0, 0.1) is 13.8 Å². The molecule has 96 valence electrons. The number of quaternary nitrogens is 1. The molecule has 3 heteroatoms. The van der Waals surface area contributed by atoms with Crippen molar-refractivity contribution in [1.82, 2.24) is 0 Å². The highest BCUT2D eigenvalue weighted by atomic mass is 35.5. The number of nitrogens with two attached hydrogens (primary N) is 1. The highest BCUT2D eigenvalue weighted by molar-refractivity contribution is 6.32. The Labute approximate surface area is 109 Å². The zero-order valence-electron chi connectivity index (χ0n) is 11.4. The average Bonchev–Trinajstić information content (AvgIpc) is 2.13. The topological polar surface area (TPSA) is 25.8 Å². The van der Waals surface area contributed by atoms with Crippen molar-refractivity contribution in [3.63, 3.8) is 0 Å². The SMILES string of the molecule is Cc1cc(C)c(OCC[NH2+]C(C)(C)C)c(Cl)c1. The molecule has 0 aromatic heterocycles. The number of benzene rings is 1. The molecule has 1 rings (SSSR count). The lowest BCUT2D eigenvalue weighted by Crippen LogP contribution is -2.95. The van der Waals surface area contributed by atoms with Crippen LogP contribution in [0.3, 0.4) is 0 Å².